The SMILES string of the molecule is CCCNC(C)c1ccc(Br)cc1-n1ccnc1C#N. The molecule has 0 aliphatic rings. The minimum atomic E-state index is 0.215. The molecule has 0 bridgehead atoms. The van der Waals surface area contributed by atoms with E-state index < -0.39 is 0 Å². The van der Waals surface area contributed by atoms with Crippen molar-refractivity contribution >= 4 is 15.9 Å². The number of halogens is 1. The van der Waals surface area contributed by atoms with Gasteiger partial charge in [-0.15, -0.1) is 0 Å². The average Bonchev–Trinajstić information content (AvgIpc) is 2.92. The fourth-order valence-corrected chi connectivity index (χ4v) is 2.49. The lowest BCUT2D eigenvalue weighted by Gasteiger charge is -2.19. The summed E-state index contributed by atoms with van der Waals surface area (Å²) in [5.41, 5.74) is 2.13. The first-order chi connectivity index (χ1) is 9.67. The molecule has 2 aromatic rings. The van der Waals surface area contributed by atoms with E-state index in [4.69, 9.17) is 5.26 Å². The number of imidazole rings is 1. The van der Waals surface area contributed by atoms with E-state index >= 15 is 0 Å². The molecular weight excluding hydrogens is 316 g/mol. The zero-order valence-corrected chi connectivity index (χ0v) is 13.2. The molecule has 0 aliphatic carbocycles. The molecule has 2 rings (SSSR count). The van der Waals surface area contributed by atoms with Gasteiger partial charge in [-0.05, 0) is 37.6 Å². The van der Waals surface area contributed by atoms with Gasteiger partial charge in [0.2, 0.25) is 5.82 Å². The lowest BCUT2D eigenvalue weighted by Crippen LogP contribution is -2.20. The average molecular weight is 333 g/mol. The highest BCUT2D eigenvalue weighted by atomic mass is 79.9. The van der Waals surface area contributed by atoms with Crippen LogP contribution in [0.1, 0.15) is 37.7 Å². The van der Waals surface area contributed by atoms with Gasteiger partial charge < -0.3 is 5.32 Å². The highest BCUT2D eigenvalue weighted by Crippen LogP contribution is 2.26. The van der Waals surface area contributed by atoms with Crippen LogP contribution in [-0.4, -0.2) is 16.1 Å². The molecule has 0 spiro atoms. The summed E-state index contributed by atoms with van der Waals surface area (Å²) in [7, 11) is 0. The number of hydrogen-bond donors (Lipinski definition) is 1. The van der Waals surface area contributed by atoms with Crippen LogP contribution in [0, 0.1) is 11.3 Å². The molecule has 5 heteroatoms. The second-order valence-corrected chi connectivity index (χ2v) is 5.53. The number of nitrogens with one attached hydrogen (secondary N) is 1. The lowest BCUT2D eigenvalue weighted by atomic mass is 10.1. The van der Waals surface area contributed by atoms with Crippen molar-refractivity contribution in [3.8, 4) is 11.8 Å². The van der Waals surface area contributed by atoms with Gasteiger partial charge in [0.15, 0.2) is 0 Å². The van der Waals surface area contributed by atoms with Gasteiger partial charge >= 0.3 is 0 Å². The summed E-state index contributed by atoms with van der Waals surface area (Å²) in [6, 6.07) is 8.45. The third-order valence-electron chi connectivity index (χ3n) is 3.16. The number of nitriles is 1. The molecular formula is C15H17BrN4. The molecule has 1 unspecified atom stereocenters. The summed E-state index contributed by atoms with van der Waals surface area (Å²) in [6.45, 7) is 5.24. The molecule has 0 saturated heterocycles. The predicted molar refractivity (Wildman–Crippen MR) is 82.7 cm³/mol. The highest BCUT2D eigenvalue weighted by molar-refractivity contribution is 9.10. The van der Waals surface area contributed by atoms with E-state index in [1.54, 1.807) is 6.20 Å². The molecule has 1 heterocycles. The Balaban J connectivity index is 2.46. The van der Waals surface area contributed by atoms with Gasteiger partial charge in [-0.1, -0.05) is 28.9 Å². The second kappa shape index (κ2) is 6.69. The molecule has 20 heavy (non-hydrogen) atoms. The topological polar surface area (TPSA) is 53.6 Å². The molecule has 0 radical (unpaired) electrons. The molecule has 0 saturated carbocycles. The molecule has 104 valence electrons. The van der Waals surface area contributed by atoms with E-state index in [-0.39, 0.29) is 6.04 Å². The van der Waals surface area contributed by atoms with Crippen LogP contribution in [-0.2, 0) is 0 Å². The lowest BCUT2D eigenvalue weighted by molar-refractivity contribution is 0.568. The second-order valence-electron chi connectivity index (χ2n) is 4.61. The van der Waals surface area contributed by atoms with E-state index in [0.717, 1.165) is 28.7 Å². The van der Waals surface area contributed by atoms with E-state index in [1.165, 1.54) is 0 Å². The number of aromatic nitrogens is 2. The maximum absolute atomic E-state index is 9.15. The van der Waals surface area contributed by atoms with Crippen molar-refractivity contribution < 1.29 is 0 Å². The standard InChI is InChI=1S/C15H17BrN4/c1-3-6-18-11(2)13-5-4-12(16)9-14(13)20-8-7-19-15(20)10-17/h4-5,7-9,11,18H,3,6H2,1-2H3. The zero-order chi connectivity index (χ0) is 14.5. The monoisotopic (exact) mass is 332 g/mol. The van der Waals surface area contributed by atoms with Crippen LogP contribution in [0.2, 0.25) is 0 Å². The van der Waals surface area contributed by atoms with E-state index in [2.05, 4.69) is 52.2 Å². The number of hydrogen-bond acceptors (Lipinski definition) is 3. The van der Waals surface area contributed by atoms with Crippen molar-refractivity contribution in [3.63, 3.8) is 0 Å². The van der Waals surface area contributed by atoms with Gasteiger partial charge in [-0.2, -0.15) is 5.26 Å². The van der Waals surface area contributed by atoms with E-state index in [9.17, 15) is 0 Å². The van der Waals surface area contributed by atoms with Gasteiger partial charge in [-0.3, -0.25) is 4.57 Å². The smallest absolute Gasteiger partial charge is 0.217 e. The Labute approximate surface area is 127 Å². The number of rotatable bonds is 5. The molecule has 0 fully saturated rings. The van der Waals surface area contributed by atoms with Crippen LogP contribution in [0.3, 0.4) is 0 Å². The van der Waals surface area contributed by atoms with Crippen LogP contribution in [0.5, 0.6) is 0 Å². The first-order valence-corrected chi connectivity index (χ1v) is 7.43. The Hall–Kier alpha value is -1.64. The van der Waals surface area contributed by atoms with Gasteiger partial charge in [0, 0.05) is 22.9 Å². The van der Waals surface area contributed by atoms with Crippen LogP contribution >= 0.6 is 15.9 Å². The van der Waals surface area contributed by atoms with E-state index in [0.29, 0.717) is 5.82 Å². The van der Waals surface area contributed by atoms with Crippen molar-refractivity contribution in [2.75, 3.05) is 6.54 Å². The van der Waals surface area contributed by atoms with Crippen molar-refractivity contribution in [3.05, 3.63) is 46.5 Å². The first-order valence-electron chi connectivity index (χ1n) is 6.64. The normalized spacial score (nSPS) is 12.1. The van der Waals surface area contributed by atoms with Gasteiger partial charge in [0.25, 0.3) is 0 Å². The minimum absolute atomic E-state index is 0.215. The van der Waals surface area contributed by atoms with Crippen LogP contribution in [0.15, 0.2) is 35.1 Å². The van der Waals surface area contributed by atoms with Crippen molar-refractivity contribution in [1.29, 1.82) is 5.26 Å². The quantitative estimate of drug-likeness (QED) is 0.910. The number of benzene rings is 1. The molecule has 1 aromatic heterocycles. The first kappa shape index (κ1) is 14.8. The van der Waals surface area contributed by atoms with Gasteiger partial charge in [0.1, 0.15) is 6.07 Å². The molecule has 1 aromatic carbocycles. The summed E-state index contributed by atoms with van der Waals surface area (Å²) in [5.74, 6) is 0.395. The van der Waals surface area contributed by atoms with Crippen LogP contribution in [0.4, 0.5) is 0 Å². The van der Waals surface area contributed by atoms with Crippen LogP contribution in [0.25, 0.3) is 5.69 Å². The summed E-state index contributed by atoms with van der Waals surface area (Å²) >= 11 is 3.49. The Bertz CT molecular complexity index is 627. The Morgan fingerprint density at radius 1 is 1.50 bits per heavy atom. The fourth-order valence-electron chi connectivity index (χ4n) is 2.14. The van der Waals surface area contributed by atoms with Crippen LogP contribution < -0.4 is 5.32 Å². The summed E-state index contributed by atoms with van der Waals surface area (Å²) in [6.07, 6.45) is 4.55. The van der Waals surface area contributed by atoms with Gasteiger partial charge in [-0.25, -0.2) is 4.98 Å². The fraction of sp³-hybridized carbons (Fsp3) is 0.333. The zero-order valence-electron chi connectivity index (χ0n) is 11.6. The molecule has 4 nitrogen and oxygen atoms in total. The summed E-state index contributed by atoms with van der Waals surface area (Å²) in [5, 5.41) is 12.6. The highest BCUT2D eigenvalue weighted by Gasteiger charge is 2.14. The third-order valence-corrected chi connectivity index (χ3v) is 3.65. The van der Waals surface area contributed by atoms with Gasteiger partial charge in [0.05, 0.1) is 5.69 Å². The Kier molecular flexibility index (Phi) is 4.94. The maximum atomic E-state index is 9.15. The van der Waals surface area contributed by atoms with Crippen molar-refractivity contribution in [1.82, 2.24) is 14.9 Å². The van der Waals surface area contributed by atoms with E-state index in [1.807, 2.05) is 22.9 Å². The maximum Gasteiger partial charge on any atom is 0.217 e. The predicted octanol–water partition coefficient (Wildman–Crippen LogP) is 3.57. The molecule has 0 aliphatic heterocycles. The molecule has 1 atom stereocenters. The van der Waals surface area contributed by atoms with Crippen molar-refractivity contribution in [2.45, 2.75) is 26.3 Å². The molecule has 1 N–H and O–H groups in total. The summed E-state index contributed by atoms with van der Waals surface area (Å²) < 4.78 is 2.81. The Morgan fingerprint density at radius 2 is 2.30 bits per heavy atom. The Morgan fingerprint density at radius 3 is 3.00 bits per heavy atom. The van der Waals surface area contributed by atoms with Crippen molar-refractivity contribution in [2.24, 2.45) is 0 Å². The summed E-state index contributed by atoms with van der Waals surface area (Å²) in [4.78, 5) is 4.07. The number of nitrogens with zero attached hydrogens (tertiary/aromatic N) is 3. The minimum Gasteiger partial charge on any atom is -0.310 e. The third kappa shape index (κ3) is 3.09. The molecule has 0 amide bonds. The largest absolute Gasteiger partial charge is 0.310 e.